The van der Waals surface area contributed by atoms with Crippen LogP contribution in [0.15, 0.2) is 56.7 Å². The summed E-state index contributed by atoms with van der Waals surface area (Å²) in [6.45, 7) is 0. The molecule has 0 aromatic heterocycles. The number of non-ortho nitro benzene ring substituents is 1. The Balaban J connectivity index is 1.82. The molecule has 0 bridgehead atoms. The summed E-state index contributed by atoms with van der Waals surface area (Å²) in [5.41, 5.74) is 0.403. The van der Waals surface area contributed by atoms with Crippen LogP contribution >= 0.6 is 39.9 Å². The molecule has 2 aromatic rings. The summed E-state index contributed by atoms with van der Waals surface area (Å²) >= 11 is 9.29. The van der Waals surface area contributed by atoms with E-state index in [1.54, 1.807) is 18.2 Å². The molecular formula is C16H9BrN2O6S3. The maximum Gasteiger partial charge on any atom is 0.339 e. The van der Waals surface area contributed by atoms with Crippen LogP contribution in [0.5, 0.6) is 5.75 Å². The predicted molar refractivity (Wildman–Crippen MR) is 111 cm³/mol. The third-order valence-corrected chi connectivity index (χ3v) is 6.46. The fourth-order valence-electron chi connectivity index (χ4n) is 2.15. The lowest BCUT2D eigenvalue weighted by Gasteiger charge is -2.09. The first-order valence-corrected chi connectivity index (χ1v) is 10.8. The number of nitrogens with one attached hydrogen (secondary N) is 1. The van der Waals surface area contributed by atoms with Gasteiger partial charge in [0.1, 0.15) is 9.22 Å². The number of hydrogen-bond donors (Lipinski definition) is 1. The molecule has 0 unspecified atom stereocenters. The minimum absolute atomic E-state index is 0.0274. The zero-order valence-corrected chi connectivity index (χ0v) is 17.7. The molecule has 1 fully saturated rings. The number of thiocarbonyl (C=S) groups is 1. The molecule has 8 nitrogen and oxygen atoms in total. The Morgan fingerprint density at radius 1 is 1.21 bits per heavy atom. The Bertz CT molecular complexity index is 1130. The Kier molecular flexibility index (Phi) is 5.84. The maximum atomic E-state index is 12.4. The van der Waals surface area contributed by atoms with Crippen molar-refractivity contribution in [3.63, 3.8) is 0 Å². The summed E-state index contributed by atoms with van der Waals surface area (Å²) in [7, 11) is -4.18. The summed E-state index contributed by atoms with van der Waals surface area (Å²) in [5, 5.41) is 13.2. The summed E-state index contributed by atoms with van der Waals surface area (Å²) in [5.74, 6) is -0.272. The fourth-order valence-corrected chi connectivity index (χ4v) is 4.72. The zero-order chi connectivity index (χ0) is 20.5. The van der Waals surface area contributed by atoms with Gasteiger partial charge in [-0.2, -0.15) is 8.42 Å². The second-order valence-electron chi connectivity index (χ2n) is 5.33. The molecule has 0 radical (unpaired) electrons. The lowest BCUT2D eigenvalue weighted by Crippen LogP contribution is -2.17. The number of nitro groups is 1. The summed E-state index contributed by atoms with van der Waals surface area (Å²) in [6.07, 6.45) is 1.61. The van der Waals surface area contributed by atoms with Crippen molar-refractivity contribution >= 4 is 72.0 Å². The van der Waals surface area contributed by atoms with Crippen molar-refractivity contribution in [1.82, 2.24) is 5.32 Å². The number of rotatable bonds is 5. The number of nitrogens with zero attached hydrogens (tertiary/aromatic N) is 1. The van der Waals surface area contributed by atoms with E-state index in [-0.39, 0.29) is 22.2 Å². The first kappa shape index (κ1) is 20.5. The maximum absolute atomic E-state index is 12.4. The molecule has 0 atom stereocenters. The van der Waals surface area contributed by atoms with Gasteiger partial charge in [-0.05, 0) is 51.8 Å². The van der Waals surface area contributed by atoms with Crippen molar-refractivity contribution in [2.24, 2.45) is 0 Å². The number of halogens is 1. The van der Waals surface area contributed by atoms with Crippen molar-refractivity contribution in [1.29, 1.82) is 0 Å². The minimum atomic E-state index is -4.18. The summed E-state index contributed by atoms with van der Waals surface area (Å²) < 4.78 is 30.6. The van der Waals surface area contributed by atoms with E-state index in [0.717, 1.165) is 36.0 Å². The molecule has 0 aliphatic carbocycles. The van der Waals surface area contributed by atoms with Crippen LogP contribution in [0.3, 0.4) is 0 Å². The number of nitro benzene ring substituents is 1. The monoisotopic (exact) mass is 500 g/mol. The van der Waals surface area contributed by atoms with E-state index in [1.807, 2.05) is 0 Å². The van der Waals surface area contributed by atoms with Crippen LogP contribution in [0.2, 0.25) is 0 Å². The highest BCUT2D eigenvalue weighted by Crippen LogP contribution is 2.32. The predicted octanol–water partition coefficient (Wildman–Crippen LogP) is 3.61. The second-order valence-corrected chi connectivity index (χ2v) is 9.45. The highest BCUT2D eigenvalue weighted by atomic mass is 79.9. The van der Waals surface area contributed by atoms with Gasteiger partial charge in [-0.15, -0.1) is 0 Å². The van der Waals surface area contributed by atoms with Crippen molar-refractivity contribution in [2.45, 2.75) is 4.90 Å². The van der Waals surface area contributed by atoms with Gasteiger partial charge in [0.05, 0.1) is 14.3 Å². The lowest BCUT2D eigenvalue weighted by molar-refractivity contribution is -0.384. The van der Waals surface area contributed by atoms with Crippen LogP contribution in [0.25, 0.3) is 6.08 Å². The smallest absolute Gasteiger partial charge is 0.339 e. The van der Waals surface area contributed by atoms with Crippen molar-refractivity contribution in [3.8, 4) is 5.75 Å². The molecule has 1 aliphatic rings. The Morgan fingerprint density at radius 2 is 1.89 bits per heavy atom. The van der Waals surface area contributed by atoms with E-state index >= 15 is 0 Å². The number of benzene rings is 2. The topological polar surface area (TPSA) is 116 Å². The quantitative estimate of drug-likeness (QED) is 0.217. The molecule has 12 heteroatoms. The van der Waals surface area contributed by atoms with E-state index in [4.69, 9.17) is 16.4 Å². The Morgan fingerprint density at radius 3 is 2.43 bits per heavy atom. The highest BCUT2D eigenvalue weighted by molar-refractivity contribution is 9.10. The minimum Gasteiger partial charge on any atom is -0.378 e. The highest BCUT2D eigenvalue weighted by Gasteiger charge is 2.23. The largest absolute Gasteiger partial charge is 0.378 e. The average Bonchev–Trinajstić information content (AvgIpc) is 2.94. The molecule has 0 saturated carbocycles. The number of amides is 1. The van der Waals surface area contributed by atoms with Gasteiger partial charge < -0.3 is 9.50 Å². The van der Waals surface area contributed by atoms with Crippen LogP contribution < -0.4 is 9.50 Å². The SMILES string of the molecule is O=C1NC(=S)S/C1=C\c1ccc(OS(=O)(=O)c2ccc([N+](=O)[O-])cc2)c(Br)c1. The van der Waals surface area contributed by atoms with Crippen LogP contribution in [0.1, 0.15) is 5.56 Å². The molecule has 28 heavy (non-hydrogen) atoms. The van der Waals surface area contributed by atoms with Crippen LogP contribution in [0, 0.1) is 10.1 Å². The third-order valence-electron chi connectivity index (χ3n) is 3.43. The zero-order valence-electron chi connectivity index (χ0n) is 13.6. The molecule has 1 heterocycles. The van der Waals surface area contributed by atoms with Gasteiger partial charge in [-0.1, -0.05) is 30.0 Å². The molecule has 1 amide bonds. The average molecular weight is 501 g/mol. The van der Waals surface area contributed by atoms with Gasteiger partial charge in [0.2, 0.25) is 0 Å². The van der Waals surface area contributed by atoms with E-state index in [2.05, 4.69) is 21.2 Å². The fraction of sp³-hybridized carbons (Fsp3) is 0. The molecule has 0 spiro atoms. The summed E-state index contributed by atoms with van der Waals surface area (Å²) in [6, 6.07) is 8.94. The number of thioether (sulfide) groups is 1. The Labute approximate surface area is 177 Å². The summed E-state index contributed by atoms with van der Waals surface area (Å²) in [4.78, 5) is 22.0. The lowest BCUT2D eigenvalue weighted by atomic mass is 10.2. The second kappa shape index (κ2) is 7.99. The normalized spacial score (nSPS) is 15.5. The molecule has 2 aromatic carbocycles. The van der Waals surface area contributed by atoms with Crippen molar-refractivity contribution in [3.05, 3.63) is 67.5 Å². The van der Waals surface area contributed by atoms with Crippen LogP contribution in [-0.2, 0) is 14.9 Å². The van der Waals surface area contributed by atoms with Gasteiger partial charge in [-0.3, -0.25) is 14.9 Å². The number of hydrogen-bond acceptors (Lipinski definition) is 8. The molecule has 1 saturated heterocycles. The van der Waals surface area contributed by atoms with Gasteiger partial charge in [0.25, 0.3) is 11.6 Å². The van der Waals surface area contributed by atoms with Gasteiger partial charge in [0.15, 0.2) is 5.75 Å². The molecule has 1 aliphatic heterocycles. The first-order valence-electron chi connectivity index (χ1n) is 7.39. The van der Waals surface area contributed by atoms with E-state index in [0.29, 0.717) is 19.3 Å². The Hall–Kier alpha value is -2.28. The molecule has 1 N–H and O–H groups in total. The van der Waals surface area contributed by atoms with Crippen molar-refractivity contribution < 1.29 is 22.3 Å². The van der Waals surface area contributed by atoms with Crippen LogP contribution in [-0.4, -0.2) is 23.6 Å². The van der Waals surface area contributed by atoms with Crippen LogP contribution in [0.4, 0.5) is 5.69 Å². The number of carbonyl (C=O) groups is 1. The molecule has 3 rings (SSSR count). The standard InChI is InChI=1S/C16H9BrN2O6S3/c17-12-7-9(8-14-15(20)18-16(26)27-14)1-6-13(12)25-28(23,24)11-4-2-10(3-5-11)19(21)22/h1-8H,(H,18,20,26)/b14-8-. The third kappa shape index (κ3) is 4.58. The number of carbonyl (C=O) groups excluding carboxylic acids is 1. The van der Waals surface area contributed by atoms with Gasteiger partial charge >= 0.3 is 10.1 Å². The van der Waals surface area contributed by atoms with E-state index < -0.39 is 15.0 Å². The molecular weight excluding hydrogens is 492 g/mol. The first-order chi connectivity index (χ1) is 13.2. The molecule has 144 valence electrons. The van der Waals surface area contributed by atoms with Crippen molar-refractivity contribution in [2.75, 3.05) is 0 Å². The van der Waals surface area contributed by atoms with Gasteiger partial charge in [0, 0.05) is 12.1 Å². The van der Waals surface area contributed by atoms with E-state index in [9.17, 15) is 23.3 Å². The van der Waals surface area contributed by atoms with E-state index in [1.165, 1.54) is 6.07 Å². The van der Waals surface area contributed by atoms with Gasteiger partial charge in [-0.25, -0.2) is 0 Å².